The van der Waals surface area contributed by atoms with Gasteiger partial charge in [-0.1, -0.05) is 12.8 Å². The van der Waals surface area contributed by atoms with E-state index in [0.717, 1.165) is 49.9 Å². The van der Waals surface area contributed by atoms with Gasteiger partial charge in [-0.05, 0) is 56.0 Å². The first-order chi connectivity index (χ1) is 12.7. The molecule has 3 heterocycles. The molecule has 2 aromatic rings. The molecule has 0 unspecified atom stereocenters. The first-order valence-corrected chi connectivity index (χ1v) is 10.1. The van der Waals surface area contributed by atoms with Crippen LogP contribution in [0.5, 0.6) is 0 Å². The van der Waals surface area contributed by atoms with Crippen LogP contribution in [0.4, 0.5) is 5.82 Å². The Morgan fingerprint density at radius 3 is 2.65 bits per heavy atom. The number of hydrazine groups is 1. The van der Waals surface area contributed by atoms with Gasteiger partial charge in [0.2, 0.25) is 5.28 Å². The number of rotatable bonds is 6. The van der Waals surface area contributed by atoms with Crippen molar-refractivity contribution in [1.29, 1.82) is 0 Å². The smallest absolute Gasteiger partial charge is 0.226 e. The zero-order valence-corrected chi connectivity index (χ0v) is 15.8. The van der Waals surface area contributed by atoms with E-state index in [1.54, 1.807) is 0 Å². The maximum absolute atomic E-state index is 8.99. The molecule has 2 N–H and O–H groups in total. The van der Waals surface area contributed by atoms with Crippen LogP contribution in [-0.4, -0.2) is 49.3 Å². The highest BCUT2D eigenvalue weighted by Gasteiger charge is 2.23. The molecule has 26 heavy (non-hydrogen) atoms. The first kappa shape index (κ1) is 17.9. The monoisotopic (exact) mass is 378 g/mol. The summed E-state index contributed by atoms with van der Waals surface area (Å²) >= 11 is 6.21. The summed E-state index contributed by atoms with van der Waals surface area (Å²) in [5.74, 6) is 1.40. The third-order valence-corrected chi connectivity index (χ3v) is 5.93. The molecule has 142 valence electrons. The Hall–Kier alpha value is -1.44. The Balaban J connectivity index is 1.48. The molecule has 0 bridgehead atoms. The van der Waals surface area contributed by atoms with Crippen LogP contribution in [0.15, 0.2) is 6.33 Å². The Kier molecular flexibility index (Phi) is 5.57. The average molecular weight is 379 g/mol. The van der Waals surface area contributed by atoms with E-state index >= 15 is 0 Å². The van der Waals surface area contributed by atoms with Gasteiger partial charge < -0.3 is 15.1 Å². The number of nitrogens with one attached hydrogen (secondary N) is 1. The lowest BCUT2D eigenvalue weighted by molar-refractivity contribution is 0.195. The lowest BCUT2D eigenvalue weighted by atomic mass is 9.93. The van der Waals surface area contributed by atoms with Crippen molar-refractivity contribution in [2.75, 3.05) is 25.1 Å². The van der Waals surface area contributed by atoms with Gasteiger partial charge in [0.1, 0.15) is 0 Å². The van der Waals surface area contributed by atoms with Gasteiger partial charge in [-0.25, -0.2) is 9.99 Å². The molecule has 2 aromatic heterocycles. The van der Waals surface area contributed by atoms with Gasteiger partial charge in [0, 0.05) is 25.7 Å². The van der Waals surface area contributed by atoms with Crippen molar-refractivity contribution < 1.29 is 5.11 Å². The molecule has 2 fully saturated rings. The second kappa shape index (κ2) is 8.06. The van der Waals surface area contributed by atoms with Crippen molar-refractivity contribution in [3.8, 4) is 0 Å². The Bertz CT molecular complexity index is 737. The van der Waals surface area contributed by atoms with Crippen molar-refractivity contribution in [2.45, 2.75) is 57.4 Å². The largest absolute Gasteiger partial charge is 0.396 e. The maximum Gasteiger partial charge on any atom is 0.226 e. The fraction of sp³-hybridized carbons (Fsp3) is 0.722. The number of nitrogens with zero attached hydrogens (tertiary/aromatic N) is 5. The van der Waals surface area contributed by atoms with Gasteiger partial charge in [0.05, 0.1) is 6.33 Å². The number of halogens is 1. The SMILES string of the molecule is OCCCC1CCN(Nc2nc(Cl)nc3c2ncn3C2CCCC2)CC1. The Morgan fingerprint density at radius 1 is 1.15 bits per heavy atom. The van der Waals surface area contributed by atoms with Gasteiger partial charge in [0.25, 0.3) is 0 Å². The van der Waals surface area contributed by atoms with Crippen LogP contribution in [0, 0.1) is 5.92 Å². The number of aliphatic hydroxyl groups excluding tert-OH is 1. The number of anilines is 1. The minimum absolute atomic E-state index is 0.262. The second-order valence-corrected chi connectivity index (χ2v) is 7.85. The minimum Gasteiger partial charge on any atom is -0.396 e. The van der Waals surface area contributed by atoms with Gasteiger partial charge in [-0.2, -0.15) is 9.97 Å². The molecule has 1 saturated carbocycles. The summed E-state index contributed by atoms with van der Waals surface area (Å²) in [7, 11) is 0. The lowest BCUT2D eigenvalue weighted by Gasteiger charge is -2.32. The molecule has 1 aliphatic carbocycles. The van der Waals surface area contributed by atoms with E-state index < -0.39 is 0 Å². The quantitative estimate of drug-likeness (QED) is 0.750. The second-order valence-electron chi connectivity index (χ2n) is 7.51. The van der Waals surface area contributed by atoms with Crippen molar-refractivity contribution in [1.82, 2.24) is 24.5 Å². The van der Waals surface area contributed by atoms with E-state index in [1.807, 2.05) is 6.33 Å². The highest BCUT2D eigenvalue weighted by atomic mass is 35.5. The Labute approximate surface area is 158 Å². The molecule has 0 atom stereocenters. The molecule has 0 spiro atoms. The van der Waals surface area contributed by atoms with E-state index in [1.165, 1.54) is 25.7 Å². The third kappa shape index (κ3) is 3.80. The number of piperidine rings is 1. The fourth-order valence-corrected chi connectivity index (χ4v) is 4.45. The first-order valence-electron chi connectivity index (χ1n) is 9.77. The number of fused-ring (bicyclic) bond motifs is 1. The molecule has 0 amide bonds. The molecule has 1 saturated heterocycles. The van der Waals surface area contributed by atoms with E-state index in [0.29, 0.717) is 24.4 Å². The number of imidazole rings is 1. The van der Waals surface area contributed by atoms with E-state index in [2.05, 4.69) is 30.0 Å². The summed E-state index contributed by atoms with van der Waals surface area (Å²) in [4.78, 5) is 13.4. The molecule has 1 aliphatic heterocycles. The zero-order valence-electron chi connectivity index (χ0n) is 15.1. The number of aromatic nitrogens is 4. The molecular formula is C18H27ClN6O. The highest BCUT2D eigenvalue weighted by molar-refractivity contribution is 6.28. The predicted octanol–water partition coefficient (Wildman–Crippen LogP) is 3.41. The number of hydrogen-bond donors (Lipinski definition) is 2. The lowest BCUT2D eigenvalue weighted by Crippen LogP contribution is -2.38. The summed E-state index contributed by atoms with van der Waals surface area (Å²) in [6.45, 7) is 2.21. The number of hydrogen-bond acceptors (Lipinski definition) is 6. The van der Waals surface area contributed by atoms with Crippen LogP contribution in [0.3, 0.4) is 0 Å². The van der Waals surface area contributed by atoms with Crippen molar-refractivity contribution >= 4 is 28.6 Å². The number of aliphatic hydroxyl groups is 1. The van der Waals surface area contributed by atoms with Crippen LogP contribution in [0.25, 0.3) is 11.2 Å². The topological polar surface area (TPSA) is 79.1 Å². The predicted molar refractivity (Wildman–Crippen MR) is 102 cm³/mol. The molecular weight excluding hydrogens is 352 g/mol. The summed E-state index contributed by atoms with van der Waals surface area (Å²) in [5.41, 5.74) is 5.04. The third-order valence-electron chi connectivity index (χ3n) is 5.76. The summed E-state index contributed by atoms with van der Waals surface area (Å²) < 4.78 is 2.17. The van der Waals surface area contributed by atoms with E-state index in [9.17, 15) is 0 Å². The standard InChI is InChI=1S/C18H27ClN6O/c19-18-21-16(23-24-9-7-13(8-10-24)4-3-11-26)15-17(22-18)25(12-20-15)14-5-1-2-6-14/h12-14,26H,1-11H2,(H,21,22,23). The van der Waals surface area contributed by atoms with Crippen LogP contribution in [0.2, 0.25) is 5.28 Å². The zero-order chi connectivity index (χ0) is 17.9. The van der Waals surface area contributed by atoms with Crippen molar-refractivity contribution in [3.05, 3.63) is 11.6 Å². The van der Waals surface area contributed by atoms with Gasteiger partial charge in [-0.15, -0.1) is 0 Å². The van der Waals surface area contributed by atoms with E-state index in [4.69, 9.17) is 16.7 Å². The van der Waals surface area contributed by atoms with Crippen LogP contribution in [0.1, 0.15) is 57.4 Å². The molecule has 8 heteroatoms. The average Bonchev–Trinajstić information content (AvgIpc) is 3.30. The molecule has 4 rings (SSSR count). The maximum atomic E-state index is 8.99. The normalized spacial score (nSPS) is 20.2. The molecule has 0 aromatic carbocycles. The molecule has 0 radical (unpaired) electrons. The Morgan fingerprint density at radius 2 is 1.92 bits per heavy atom. The van der Waals surface area contributed by atoms with Gasteiger partial charge in [0.15, 0.2) is 17.0 Å². The van der Waals surface area contributed by atoms with Gasteiger partial charge >= 0.3 is 0 Å². The molecule has 7 nitrogen and oxygen atoms in total. The van der Waals surface area contributed by atoms with Crippen molar-refractivity contribution in [2.24, 2.45) is 5.92 Å². The summed E-state index contributed by atoms with van der Waals surface area (Å²) in [6.07, 6.45) is 11.0. The molecule has 2 aliphatic rings. The van der Waals surface area contributed by atoms with Crippen LogP contribution >= 0.6 is 11.6 Å². The minimum atomic E-state index is 0.262. The summed E-state index contributed by atoms with van der Waals surface area (Å²) in [5, 5.41) is 11.5. The summed E-state index contributed by atoms with van der Waals surface area (Å²) in [6, 6.07) is 0.473. The van der Waals surface area contributed by atoms with Crippen LogP contribution < -0.4 is 5.43 Å². The van der Waals surface area contributed by atoms with Crippen LogP contribution in [-0.2, 0) is 0 Å². The highest BCUT2D eigenvalue weighted by Crippen LogP contribution is 2.33. The van der Waals surface area contributed by atoms with Gasteiger partial charge in [-0.3, -0.25) is 0 Å². The fourth-order valence-electron chi connectivity index (χ4n) is 4.28. The van der Waals surface area contributed by atoms with E-state index in [-0.39, 0.29) is 5.28 Å². The van der Waals surface area contributed by atoms with Crippen molar-refractivity contribution in [3.63, 3.8) is 0 Å².